The SMILES string of the molecule is CC(C)CCNC(=O)CCc1nn2c(C(C)C)nnc2s1. The van der Waals surface area contributed by atoms with Crippen molar-refractivity contribution < 1.29 is 4.79 Å². The first-order valence-corrected chi connectivity index (χ1v) is 8.26. The predicted octanol–water partition coefficient (Wildman–Crippen LogP) is 2.40. The number of carbonyl (C=O) groups is 1. The molecule has 0 spiro atoms. The zero-order valence-electron chi connectivity index (χ0n) is 13.1. The summed E-state index contributed by atoms with van der Waals surface area (Å²) < 4.78 is 1.79. The number of fused-ring (bicyclic) bond motifs is 1. The average molecular weight is 309 g/mol. The van der Waals surface area contributed by atoms with E-state index in [1.54, 1.807) is 4.52 Å². The standard InChI is InChI=1S/C14H23N5OS/c1-9(2)7-8-15-11(20)5-6-12-18-19-13(10(3)4)16-17-14(19)21-12/h9-10H,5-8H2,1-4H3,(H,15,20). The van der Waals surface area contributed by atoms with E-state index in [1.807, 2.05) is 0 Å². The number of nitrogens with zero attached hydrogens (tertiary/aromatic N) is 4. The summed E-state index contributed by atoms with van der Waals surface area (Å²) in [5, 5.41) is 16.6. The van der Waals surface area contributed by atoms with Crippen molar-refractivity contribution in [2.75, 3.05) is 6.54 Å². The van der Waals surface area contributed by atoms with E-state index in [0.29, 0.717) is 18.8 Å². The first-order valence-electron chi connectivity index (χ1n) is 7.45. The molecular weight excluding hydrogens is 286 g/mol. The predicted molar refractivity (Wildman–Crippen MR) is 83.5 cm³/mol. The first-order chi connectivity index (χ1) is 9.97. The highest BCUT2D eigenvalue weighted by molar-refractivity contribution is 7.16. The Morgan fingerprint density at radius 2 is 2.05 bits per heavy atom. The summed E-state index contributed by atoms with van der Waals surface area (Å²) in [5.41, 5.74) is 0. The van der Waals surface area contributed by atoms with Crippen LogP contribution < -0.4 is 5.32 Å². The van der Waals surface area contributed by atoms with Crippen molar-refractivity contribution in [3.63, 3.8) is 0 Å². The van der Waals surface area contributed by atoms with Gasteiger partial charge in [0, 0.05) is 25.3 Å². The van der Waals surface area contributed by atoms with Crippen LogP contribution in [0.15, 0.2) is 0 Å². The highest BCUT2D eigenvalue weighted by atomic mass is 32.1. The Morgan fingerprint density at radius 1 is 1.29 bits per heavy atom. The Bertz CT molecular complexity index is 602. The summed E-state index contributed by atoms with van der Waals surface area (Å²) in [6.45, 7) is 9.18. The van der Waals surface area contributed by atoms with Crippen LogP contribution in [0, 0.1) is 5.92 Å². The van der Waals surface area contributed by atoms with Crippen LogP contribution >= 0.6 is 11.3 Å². The third kappa shape index (κ3) is 4.23. The maximum Gasteiger partial charge on any atom is 0.234 e. The van der Waals surface area contributed by atoms with Gasteiger partial charge in [-0.3, -0.25) is 4.79 Å². The Hall–Kier alpha value is -1.50. The molecule has 0 unspecified atom stereocenters. The van der Waals surface area contributed by atoms with Crippen molar-refractivity contribution >= 4 is 22.2 Å². The summed E-state index contributed by atoms with van der Waals surface area (Å²) in [6, 6.07) is 0. The molecule has 0 aromatic carbocycles. The van der Waals surface area contributed by atoms with Crippen molar-refractivity contribution in [1.82, 2.24) is 25.1 Å². The lowest BCUT2D eigenvalue weighted by atomic mass is 10.1. The minimum absolute atomic E-state index is 0.0886. The lowest BCUT2D eigenvalue weighted by molar-refractivity contribution is -0.121. The second kappa shape index (κ2) is 6.98. The van der Waals surface area contributed by atoms with E-state index in [0.717, 1.165) is 28.8 Å². The number of hydrogen-bond acceptors (Lipinski definition) is 5. The molecule has 0 bridgehead atoms. The topological polar surface area (TPSA) is 72.2 Å². The van der Waals surface area contributed by atoms with Gasteiger partial charge in [0.05, 0.1) is 0 Å². The highest BCUT2D eigenvalue weighted by Gasteiger charge is 2.14. The van der Waals surface area contributed by atoms with Gasteiger partial charge in [0.2, 0.25) is 10.9 Å². The number of aromatic nitrogens is 4. The molecule has 21 heavy (non-hydrogen) atoms. The van der Waals surface area contributed by atoms with Crippen LogP contribution in [-0.4, -0.2) is 32.3 Å². The average Bonchev–Trinajstić information content (AvgIpc) is 2.94. The summed E-state index contributed by atoms with van der Waals surface area (Å²) in [4.78, 5) is 12.6. The van der Waals surface area contributed by atoms with Gasteiger partial charge in [0.15, 0.2) is 5.82 Å². The monoisotopic (exact) mass is 309 g/mol. The highest BCUT2D eigenvalue weighted by Crippen LogP contribution is 2.19. The van der Waals surface area contributed by atoms with Crippen molar-refractivity contribution in [2.45, 2.75) is 52.9 Å². The minimum Gasteiger partial charge on any atom is -0.356 e. The summed E-state index contributed by atoms with van der Waals surface area (Å²) >= 11 is 1.50. The van der Waals surface area contributed by atoms with Crippen molar-refractivity contribution in [1.29, 1.82) is 0 Å². The largest absolute Gasteiger partial charge is 0.356 e. The molecule has 0 fully saturated rings. The Morgan fingerprint density at radius 3 is 2.71 bits per heavy atom. The third-order valence-electron chi connectivity index (χ3n) is 3.18. The number of hydrogen-bond donors (Lipinski definition) is 1. The maximum absolute atomic E-state index is 11.8. The Balaban J connectivity index is 1.87. The zero-order chi connectivity index (χ0) is 15.4. The number of nitrogens with one attached hydrogen (secondary N) is 1. The van der Waals surface area contributed by atoms with Gasteiger partial charge in [0.25, 0.3) is 0 Å². The summed E-state index contributed by atoms with van der Waals surface area (Å²) in [5.74, 6) is 1.85. The molecule has 0 aliphatic rings. The molecule has 2 aromatic heterocycles. The van der Waals surface area contributed by atoms with Crippen LogP contribution in [0.25, 0.3) is 4.96 Å². The van der Waals surface area contributed by atoms with Gasteiger partial charge in [-0.05, 0) is 12.3 Å². The lowest BCUT2D eigenvalue weighted by Crippen LogP contribution is -2.25. The molecule has 0 saturated carbocycles. The molecule has 6 nitrogen and oxygen atoms in total. The zero-order valence-corrected chi connectivity index (χ0v) is 13.9. The van der Waals surface area contributed by atoms with Gasteiger partial charge in [-0.15, -0.1) is 10.2 Å². The minimum atomic E-state index is 0.0886. The first kappa shape index (κ1) is 15.9. The van der Waals surface area contributed by atoms with Gasteiger partial charge in [-0.25, -0.2) is 0 Å². The third-order valence-corrected chi connectivity index (χ3v) is 4.14. The number of carbonyl (C=O) groups excluding carboxylic acids is 1. The van der Waals surface area contributed by atoms with E-state index in [1.165, 1.54) is 11.3 Å². The molecule has 0 radical (unpaired) electrons. The van der Waals surface area contributed by atoms with E-state index in [-0.39, 0.29) is 11.8 Å². The summed E-state index contributed by atoms with van der Waals surface area (Å²) in [7, 11) is 0. The quantitative estimate of drug-likeness (QED) is 0.852. The van der Waals surface area contributed by atoms with E-state index in [9.17, 15) is 4.79 Å². The number of aryl methyl sites for hydroxylation is 1. The second-order valence-corrected chi connectivity index (χ2v) is 6.98. The fraction of sp³-hybridized carbons (Fsp3) is 0.714. The van der Waals surface area contributed by atoms with E-state index < -0.39 is 0 Å². The van der Waals surface area contributed by atoms with Gasteiger partial charge in [0.1, 0.15) is 5.01 Å². The van der Waals surface area contributed by atoms with E-state index in [4.69, 9.17) is 0 Å². The molecular formula is C14H23N5OS. The molecule has 0 saturated heterocycles. The van der Waals surface area contributed by atoms with Gasteiger partial charge < -0.3 is 5.32 Å². The normalized spacial score (nSPS) is 11.7. The van der Waals surface area contributed by atoms with E-state index in [2.05, 4.69) is 48.3 Å². The van der Waals surface area contributed by atoms with Crippen molar-refractivity contribution in [3.05, 3.63) is 10.8 Å². The molecule has 7 heteroatoms. The fourth-order valence-electron chi connectivity index (χ4n) is 1.94. The molecule has 2 heterocycles. The molecule has 2 rings (SSSR count). The number of rotatable bonds is 7. The molecule has 0 atom stereocenters. The Labute approximate surface area is 129 Å². The van der Waals surface area contributed by atoms with E-state index >= 15 is 0 Å². The molecule has 1 N–H and O–H groups in total. The van der Waals surface area contributed by atoms with Crippen LogP contribution in [0.3, 0.4) is 0 Å². The van der Waals surface area contributed by atoms with Crippen molar-refractivity contribution in [2.24, 2.45) is 5.92 Å². The molecule has 0 aliphatic carbocycles. The molecule has 116 valence electrons. The maximum atomic E-state index is 11.8. The van der Waals surface area contributed by atoms with Crippen LogP contribution in [0.2, 0.25) is 0 Å². The second-order valence-electron chi connectivity index (χ2n) is 5.94. The number of amides is 1. The van der Waals surface area contributed by atoms with Gasteiger partial charge in [-0.1, -0.05) is 39.0 Å². The molecule has 1 amide bonds. The van der Waals surface area contributed by atoms with Crippen molar-refractivity contribution in [3.8, 4) is 0 Å². The lowest BCUT2D eigenvalue weighted by Gasteiger charge is -2.06. The molecule has 2 aromatic rings. The van der Waals surface area contributed by atoms with Crippen LogP contribution in [0.5, 0.6) is 0 Å². The fourth-order valence-corrected chi connectivity index (χ4v) is 2.78. The summed E-state index contributed by atoms with van der Waals surface area (Å²) in [6.07, 6.45) is 2.14. The van der Waals surface area contributed by atoms with Gasteiger partial charge >= 0.3 is 0 Å². The van der Waals surface area contributed by atoms with Crippen LogP contribution in [0.4, 0.5) is 0 Å². The van der Waals surface area contributed by atoms with Crippen LogP contribution in [-0.2, 0) is 11.2 Å². The smallest absolute Gasteiger partial charge is 0.234 e. The Kier molecular flexibility index (Phi) is 5.27. The molecule has 0 aliphatic heterocycles. The van der Waals surface area contributed by atoms with Crippen LogP contribution in [0.1, 0.15) is 57.3 Å². The van der Waals surface area contributed by atoms with Gasteiger partial charge in [-0.2, -0.15) is 9.61 Å².